The third kappa shape index (κ3) is 6.86. The van der Waals surface area contributed by atoms with Crippen molar-refractivity contribution >= 4 is 6.08 Å². The fourth-order valence-corrected chi connectivity index (χ4v) is 5.82. The number of hydrogen-bond donors (Lipinski definition) is 0. The molecule has 2 aliphatic rings. The molecule has 0 bridgehead atoms. The van der Waals surface area contributed by atoms with Crippen molar-refractivity contribution in [2.45, 2.75) is 104 Å². The summed E-state index contributed by atoms with van der Waals surface area (Å²) in [6.07, 6.45) is 15.9. The van der Waals surface area contributed by atoms with Crippen LogP contribution >= 0.6 is 0 Å². The van der Waals surface area contributed by atoms with Crippen molar-refractivity contribution in [3.63, 3.8) is 0 Å². The standard InChI is InChI=1S/C28H41F3/c1-3-5-21-10-12-23(13-11-21)14-16-24-18-19-25(27(29)26(24)28(30)31)17-15-22-8-6-20(4-2)7-9-22/h14,16,18-23,28H,3-13,15,17H2,1-2H3/b16-14+. The topological polar surface area (TPSA) is 0 Å². The lowest BCUT2D eigenvalue weighted by Gasteiger charge is -2.28. The van der Waals surface area contributed by atoms with Gasteiger partial charge >= 0.3 is 0 Å². The molecule has 2 fully saturated rings. The van der Waals surface area contributed by atoms with Gasteiger partial charge in [-0.15, -0.1) is 0 Å². The summed E-state index contributed by atoms with van der Waals surface area (Å²) in [6, 6.07) is 3.46. The van der Waals surface area contributed by atoms with Crippen molar-refractivity contribution in [2.24, 2.45) is 23.7 Å². The van der Waals surface area contributed by atoms with E-state index >= 15 is 4.39 Å². The summed E-state index contributed by atoms with van der Waals surface area (Å²) in [6.45, 7) is 4.48. The molecule has 3 rings (SSSR count). The van der Waals surface area contributed by atoms with Gasteiger partial charge in [0.2, 0.25) is 0 Å². The maximum atomic E-state index is 15.0. The molecule has 1 aromatic rings. The van der Waals surface area contributed by atoms with Crippen LogP contribution < -0.4 is 0 Å². The largest absolute Gasteiger partial charge is 0.267 e. The van der Waals surface area contributed by atoms with Crippen molar-refractivity contribution in [3.8, 4) is 0 Å². The predicted molar refractivity (Wildman–Crippen MR) is 125 cm³/mol. The molecule has 1 aromatic carbocycles. The van der Waals surface area contributed by atoms with Gasteiger partial charge in [0.05, 0.1) is 5.56 Å². The van der Waals surface area contributed by atoms with Gasteiger partial charge in [-0.25, -0.2) is 13.2 Å². The van der Waals surface area contributed by atoms with Gasteiger partial charge in [0, 0.05) is 0 Å². The third-order valence-electron chi connectivity index (χ3n) is 8.01. The zero-order valence-corrected chi connectivity index (χ0v) is 19.5. The number of rotatable bonds is 9. The van der Waals surface area contributed by atoms with E-state index in [4.69, 9.17) is 0 Å². The minimum Gasteiger partial charge on any atom is -0.206 e. The summed E-state index contributed by atoms with van der Waals surface area (Å²) in [7, 11) is 0. The minimum atomic E-state index is -2.78. The Hall–Kier alpha value is -1.25. The Kier molecular flexibility index (Phi) is 9.53. The number of halogens is 3. The van der Waals surface area contributed by atoms with Crippen LogP contribution in [0.25, 0.3) is 6.08 Å². The molecule has 0 unspecified atom stereocenters. The van der Waals surface area contributed by atoms with Crippen LogP contribution in [-0.4, -0.2) is 0 Å². The first-order chi connectivity index (χ1) is 15.0. The summed E-state index contributed by atoms with van der Waals surface area (Å²) in [5.74, 6) is 2.02. The van der Waals surface area contributed by atoms with Gasteiger partial charge in [0.25, 0.3) is 6.43 Å². The van der Waals surface area contributed by atoms with E-state index in [2.05, 4.69) is 19.9 Å². The fraction of sp³-hybridized carbons (Fsp3) is 0.714. The molecule has 0 N–H and O–H groups in total. The molecular formula is C28H41F3. The van der Waals surface area contributed by atoms with E-state index < -0.39 is 17.8 Å². The molecule has 0 aromatic heterocycles. The molecule has 174 valence electrons. The second-order valence-corrected chi connectivity index (χ2v) is 10.1. The molecule has 31 heavy (non-hydrogen) atoms. The number of benzene rings is 1. The highest BCUT2D eigenvalue weighted by molar-refractivity contribution is 5.56. The maximum Gasteiger partial charge on any atom is 0.267 e. The van der Waals surface area contributed by atoms with Crippen molar-refractivity contribution in [3.05, 3.63) is 40.7 Å². The highest BCUT2D eigenvalue weighted by Crippen LogP contribution is 2.36. The van der Waals surface area contributed by atoms with E-state index in [9.17, 15) is 8.78 Å². The molecule has 0 aliphatic heterocycles. The average Bonchev–Trinajstić information content (AvgIpc) is 2.78. The van der Waals surface area contributed by atoms with E-state index in [1.807, 2.05) is 0 Å². The normalized spacial score (nSPS) is 27.3. The van der Waals surface area contributed by atoms with Gasteiger partial charge in [0.1, 0.15) is 5.82 Å². The van der Waals surface area contributed by atoms with E-state index in [1.54, 1.807) is 18.2 Å². The van der Waals surface area contributed by atoms with E-state index in [0.717, 1.165) is 31.1 Å². The lowest BCUT2D eigenvalue weighted by Crippen LogP contribution is -2.15. The molecule has 2 aliphatic carbocycles. The molecule has 0 amide bonds. The van der Waals surface area contributed by atoms with Crippen LogP contribution in [0.15, 0.2) is 18.2 Å². The first kappa shape index (κ1) is 24.4. The summed E-state index contributed by atoms with van der Waals surface area (Å²) in [5.41, 5.74) is 0.420. The minimum absolute atomic E-state index is 0.357. The first-order valence-corrected chi connectivity index (χ1v) is 12.8. The van der Waals surface area contributed by atoms with Gasteiger partial charge in [-0.2, -0.15) is 0 Å². The highest BCUT2D eigenvalue weighted by atomic mass is 19.3. The van der Waals surface area contributed by atoms with Crippen LogP contribution in [0, 0.1) is 29.5 Å². The molecule has 2 saturated carbocycles. The molecule has 3 heteroatoms. The molecule has 0 spiro atoms. The van der Waals surface area contributed by atoms with Gasteiger partial charge in [-0.3, -0.25) is 0 Å². The Labute approximate surface area is 187 Å². The SMILES string of the molecule is CCCC1CCC(/C=C/c2ccc(CCC3CCC(CC)CC3)c(F)c2C(F)F)CC1. The Balaban J connectivity index is 1.61. The van der Waals surface area contributed by atoms with E-state index in [0.29, 0.717) is 29.4 Å². The maximum absolute atomic E-state index is 15.0. The summed E-state index contributed by atoms with van der Waals surface area (Å²) in [5, 5.41) is 0. The first-order valence-electron chi connectivity index (χ1n) is 12.8. The Bertz CT molecular complexity index is 692. The molecule has 0 atom stereocenters. The number of aryl methyl sites for hydroxylation is 1. The third-order valence-corrected chi connectivity index (χ3v) is 8.01. The van der Waals surface area contributed by atoms with E-state index in [-0.39, 0.29) is 0 Å². The van der Waals surface area contributed by atoms with Crippen molar-refractivity contribution in [1.29, 1.82) is 0 Å². The van der Waals surface area contributed by atoms with Gasteiger partial charge in [0.15, 0.2) is 0 Å². The predicted octanol–water partition coefficient (Wildman–Crippen LogP) is 9.53. The number of alkyl halides is 2. The molecule has 0 saturated heterocycles. The van der Waals surface area contributed by atoms with Crippen LogP contribution in [0.4, 0.5) is 13.2 Å². The second kappa shape index (κ2) is 12.1. The summed E-state index contributed by atoms with van der Waals surface area (Å²) < 4.78 is 42.6. The van der Waals surface area contributed by atoms with Gasteiger partial charge in [-0.05, 0) is 73.3 Å². The van der Waals surface area contributed by atoms with Crippen molar-refractivity contribution < 1.29 is 13.2 Å². The smallest absolute Gasteiger partial charge is 0.206 e. The zero-order chi connectivity index (χ0) is 22.2. The summed E-state index contributed by atoms with van der Waals surface area (Å²) in [4.78, 5) is 0. The fourth-order valence-electron chi connectivity index (χ4n) is 5.82. The van der Waals surface area contributed by atoms with Crippen molar-refractivity contribution in [1.82, 2.24) is 0 Å². The average molecular weight is 435 g/mol. The molecular weight excluding hydrogens is 393 g/mol. The number of allylic oxidation sites excluding steroid dienone is 1. The lowest BCUT2D eigenvalue weighted by atomic mass is 9.78. The lowest BCUT2D eigenvalue weighted by molar-refractivity contribution is 0.145. The van der Waals surface area contributed by atoms with Crippen LogP contribution in [0.2, 0.25) is 0 Å². The molecule has 0 nitrogen and oxygen atoms in total. The Morgan fingerprint density at radius 3 is 2.10 bits per heavy atom. The van der Waals surface area contributed by atoms with Gasteiger partial charge in [-0.1, -0.05) is 83.1 Å². The highest BCUT2D eigenvalue weighted by Gasteiger charge is 2.24. The van der Waals surface area contributed by atoms with E-state index in [1.165, 1.54) is 57.8 Å². The summed E-state index contributed by atoms with van der Waals surface area (Å²) >= 11 is 0. The number of hydrogen-bond acceptors (Lipinski definition) is 0. The van der Waals surface area contributed by atoms with Crippen LogP contribution in [0.3, 0.4) is 0 Å². The van der Waals surface area contributed by atoms with Crippen LogP contribution in [-0.2, 0) is 6.42 Å². The van der Waals surface area contributed by atoms with Crippen LogP contribution in [0.5, 0.6) is 0 Å². The second-order valence-electron chi connectivity index (χ2n) is 10.1. The quantitative estimate of drug-likeness (QED) is 0.363. The zero-order valence-electron chi connectivity index (χ0n) is 19.5. The molecule has 0 heterocycles. The monoisotopic (exact) mass is 434 g/mol. The van der Waals surface area contributed by atoms with Crippen molar-refractivity contribution in [2.75, 3.05) is 0 Å². The Morgan fingerprint density at radius 1 is 0.871 bits per heavy atom. The van der Waals surface area contributed by atoms with Gasteiger partial charge < -0.3 is 0 Å². The Morgan fingerprint density at radius 2 is 1.48 bits per heavy atom. The van der Waals surface area contributed by atoms with Crippen LogP contribution in [0.1, 0.15) is 114 Å². The molecule has 0 radical (unpaired) electrons.